The van der Waals surface area contributed by atoms with Crippen molar-refractivity contribution in [2.75, 3.05) is 19.5 Å². The van der Waals surface area contributed by atoms with E-state index in [4.69, 9.17) is 4.74 Å². The summed E-state index contributed by atoms with van der Waals surface area (Å²) in [6.45, 7) is 1.58. The monoisotopic (exact) mass is 530 g/mol. The molecular formula is C29H27ClN4O2S. The number of anilines is 1. The number of aromatic nitrogens is 2. The normalized spacial score (nSPS) is 10.8. The highest BCUT2D eigenvalue weighted by atomic mass is 35.5. The molecule has 0 aliphatic rings. The number of hydrogen-bond acceptors (Lipinski definition) is 6. The van der Waals surface area contributed by atoms with Crippen LogP contribution in [-0.2, 0) is 13.1 Å². The molecule has 0 aliphatic heterocycles. The largest absolute Gasteiger partial charge is 0.494 e. The molecule has 5 rings (SSSR count). The number of halogens is 1. The molecule has 0 fully saturated rings. The van der Waals surface area contributed by atoms with Crippen molar-refractivity contribution in [2.45, 2.75) is 13.1 Å². The molecule has 0 bridgehead atoms. The molecule has 188 valence electrons. The van der Waals surface area contributed by atoms with Gasteiger partial charge >= 0.3 is 0 Å². The number of rotatable bonds is 8. The van der Waals surface area contributed by atoms with Crippen LogP contribution in [-0.4, -0.2) is 34.9 Å². The van der Waals surface area contributed by atoms with Gasteiger partial charge in [-0.1, -0.05) is 59.9 Å². The lowest BCUT2D eigenvalue weighted by molar-refractivity contribution is 0.102. The molecule has 6 nitrogen and oxygen atoms in total. The number of nitrogens with one attached hydrogen (secondary N) is 1. The summed E-state index contributed by atoms with van der Waals surface area (Å²) in [7, 11) is 3.70. The molecule has 5 aromatic rings. The van der Waals surface area contributed by atoms with Crippen LogP contribution in [0.2, 0.25) is 0 Å². The zero-order chi connectivity index (χ0) is 24.9. The molecule has 2 heterocycles. The maximum Gasteiger partial charge on any atom is 0.257 e. The number of hydrogen-bond donors (Lipinski definition) is 1. The van der Waals surface area contributed by atoms with Gasteiger partial charge in [0.15, 0.2) is 5.13 Å². The molecule has 3 aromatic carbocycles. The third-order valence-electron chi connectivity index (χ3n) is 5.88. The second-order valence-electron chi connectivity index (χ2n) is 8.56. The lowest BCUT2D eigenvalue weighted by Crippen LogP contribution is -2.17. The van der Waals surface area contributed by atoms with E-state index < -0.39 is 0 Å². The van der Waals surface area contributed by atoms with Gasteiger partial charge in [-0.3, -0.25) is 20.0 Å². The van der Waals surface area contributed by atoms with E-state index in [0.29, 0.717) is 16.4 Å². The molecule has 0 unspecified atom stereocenters. The number of ether oxygens (including phenoxy) is 1. The van der Waals surface area contributed by atoms with Gasteiger partial charge in [0.2, 0.25) is 0 Å². The number of fused-ring (bicyclic) bond motifs is 1. The molecule has 0 saturated heterocycles. The summed E-state index contributed by atoms with van der Waals surface area (Å²) >= 11 is 1.45. The third kappa shape index (κ3) is 6.14. The maximum atomic E-state index is 13.0. The Labute approximate surface area is 226 Å². The lowest BCUT2D eigenvalue weighted by Gasteiger charge is -2.16. The van der Waals surface area contributed by atoms with Gasteiger partial charge < -0.3 is 4.74 Å². The van der Waals surface area contributed by atoms with Crippen molar-refractivity contribution in [2.24, 2.45) is 0 Å². The number of nitrogens with zero attached hydrogens (tertiary/aromatic N) is 3. The van der Waals surface area contributed by atoms with Crippen molar-refractivity contribution in [3.63, 3.8) is 0 Å². The summed E-state index contributed by atoms with van der Waals surface area (Å²) in [5, 5.41) is 3.50. The van der Waals surface area contributed by atoms with Crippen LogP contribution in [0.5, 0.6) is 5.75 Å². The Hall–Kier alpha value is -3.78. The van der Waals surface area contributed by atoms with Crippen LogP contribution in [0.1, 0.15) is 21.5 Å². The van der Waals surface area contributed by atoms with Crippen molar-refractivity contribution < 1.29 is 9.53 Å². The first-order valence-electron chi connectivity index (χ1n) is 11.6. The molecule has 0 aliphatic carbocycles. The number of methoxy groups -OCH3 is 1. The van der Waals surface area contributed by atoms with Crippen LogP contribution >= 0.6 is 23.7 Å². The minimum atomic E-state index is -0.190. The summed E-state index contributed by atoms with van der Waals surface area (Å²) in [5.74, 6) is 0.491. The fraction of sp³-hybridized carbons (Fsp3) is 0.138. The van der Waals surface area contributed by atoms with Crippen molar-refractivity contribution in [1.29, 1.82) is 0 Å². The first kappa shape index (κ1) is 26.3. The van der Waals surface area contributed by atoms with Crippen LogP contribution in [0.4, 0.5) is 5.13 Å². The van der Waals surface area contributed by atoms with Gasteiger partial charge in [-0.25, -0.2) is 4.98 Å². The van der Waals surface area contributed by atoms with Gasteiger partial charge in [0.25, 0.3) is 5.91 Å². The first-order chi connectivity index (χ1) is 17.6. The van der Waals surface area contributed by atoms with Crippen LogP contribution in [0.25, 0.3) is 21.3 Å². The van der Waals surface area contributed by atoms with Crippen LogP contribution in [0, 0.1) is 0 Å². The van der Waals surface area contributed by atoms with E-state index in [9.17, 15) is 4.79 Å². The number of amides is 1. The van der Waals surface area contributed by atoms with Crippen molar-refractivity contribution in [1.82, 2.24) is 14.9 Å². The van der Waals surface area contributed by atoms with Gasteiger partial charge in [0, 0.05) is 36.6 Å². The Kier molecular flexibility index (Phi) is 8.50. The number of thiazole rings is 1. The van der Waals surface area contributed by atoms with E-state index >= 15 is 0 Å². The molecule has 0 saturated carbocycles. The fourth-order valence-corrected chi connectivity index (χ4v) is 5.16. The number of pyridine rings is 1. The van der Waals surface area contributed by atoms with Crippen LogP contribution in [0.3, 0.4) is 0 Å². The molecule has 8 heteroatoms. The molecule has 0 atom stereocenters. The Morgan fingerprint density at radius 1 is 0.946 bits per heavy atom. The summed E-state index contributed by atoms with van der Waals surface area (Å²) < 4.78 is 6.50. The maximum absolute atomic E-state index is 13.0. The molecule has 37 heavy (non-hydrogen) atoms. The van der Waals surface area contributed by atoms with E-state index in [1.54, 1.807) is 13.3 Å². The van der Waals surface area contributed by atoms with Gasteiger partial charge in [-0.2, -0.15) is 0 Å². The lowest BCUT2D eigenvalue weighted by atomic mass is 10.1. The minimum absolute atomic E-state index is 0. The van der Waals surface area contributed by atoms with Gasteiger partial charge in [-0.05, 0) is 54.1 Å². The predicted octanol–water partition coefficient (Wildman–Crippen LogP) is 6.67. The van der Waals surface area contributed by atoms with E-state index in [2.05, 4.69) is 45.4 Å². The molecule has 1 amide bonds. The minimum Gasteiger partial charge on any atom is -0.494 e. The van der Waals surface area contributed by atoms with E-state index in [1.807, 2.05) is 66.9 Å². The number of carbonyl (C=O) groups is 1. The highest BCUT2D eigenvalue weighted by Crippen LogP contribution is 2.39. The molecule has 2 aromatic heterocycles. The quantitative estimate of drug-likeness (QED) is 0.242. The van der Waals surface area contributed by atoms with E-state index in [-0.39, 0.29) is 18.3 Å². The zero-order valence-electron chi connectivity index (χ0n) is 20.5. The number of carbonyl (C=O) groups excluding carboxylic acids is 1. The molecular weight excluding hydrogens is 504 g/mol. The van der Waals surface area contributed by atoms with Crippen molar-refractivity contribution >= 4 is 45.0 Å². The predicted molar refractivity (Wildman–Crippen MR) is 153 cm³/mol. The second kappa shape index (κ2) is 12.0. The molecule has 0 radical (unpaired) electrons. The fourth-order valence-electron chi connectivity index (χ4n) is 4.15. The highest BCUT2D eigenvalue weighted by Gasteiger charge is 2.16. The summed E-state index contributed by atoms with van der Waals surface area (Å²) in [6, 6.07) is 25.8. The second-order valence-corrected chi connectivity index (χ2v) is 9.56. The molecule has 0 spiro atoms. The Morgan fingerprint density at radius 3 is 2.41 bits per heavy atom. The SMILES string of the molecule is COc1ccc(-c2ccccc2)c2sc(NC(=O)c3ccc(CN(C)Cc4cccnc4)cc3)nc12.Cl. The Morgan fingerprint density at radius 2 is 1.70 bits per heavy atom. The van der Waals surface area contributed by atoms with Gasteiger partial charge in [0.05, 0.1) is 11.8 Å². The topological polar surface area (TPSA) is 67.3 Å². The molecule has 1 N–H and O–H groups in total. The van der Waals surface area contributed by atoms with Gasteiger partial charge in [-0.15, -0.1) is 12.4 Å². The Bertz CT molecular complexity index is 1480. The van der Waals surface area contributed by atoms with E-state index in [0.717, 1.165) is 40.0 Å². The third-order valence-corrected chi connectivity index (χ3v) is 6.88. The van der Waals surface area contributed by atoms with Crippen LogP contribution < -0.4 is 10.1 Å². The zero-order valence-corrected chi connectivity index (χ0v) is 22.2. The summed E-state index contributed by atoms with van der Waals surface area (Å²) in [4.78, 5) is 24.0. The smallest absolute Gasteiger partial charge is 0.257 e. The van der Waals surface area contributed by atoms with E-state index in [1.165, 1.54) is 16.9 Å². The standard InChI is InChI=1S/C29H26N4O2S.ClH/c1-33(19-21-7-6-16-30-17-21)18-20-10-12-23(13-11-20)28(34)32-29-31-26-25(35-2)15-14-24(27(26)36-29)22-8-4-3-5-9-22;/h3-17H,18-19H2,1-2H3,(H,31,32,34);1H. The van der Waals surface area contributed by atoms with Gasteiger partial charge in [0.1, 0.15) is 11.3 Å². The highest BCUT2D eigenvalue weighted by molar-refractivity contribution is 7.23. The first-order valence-corrected chi connectivity index (χ1v) is 12.4. The average Bonchev–Trinajstić information content (AvgIpc) is 3.33. The summed E-state index contributed by atoms with van der Waals surface area (Å²) in [6.07, 6.45) is 3.66. The number of benzene rings is 3. The Balaban J connectivity index is 0.00000320. The van der Waals surface area contributed by atoms with Crippen molar-refractivity contribution in [3.8, 4) is 16.9 Å². The average molecular weight is 531 g/mol. The summed E-state index contributed by atoms with van der Waals surface area (Å²) in [5.41, 5.74) is 5.78. The van der Waals surface area contributed by atoms with Crippen LogP contribution in [0.15, 0.2) is 91.3 Å². The van der Waals surface area contributed by atoms with Crippen molar-refractivity contribution in [3.05, 3.63) is 108 Å².